The maximum absolute atomic E-state index is 12.8. The minimum absolute atomic E-state index is 0.299. The van der Waals surface area contributed by atoms with E-state index in [1.165, 1.54) is 30.3 Å². The van der Waals surface area contributed by atoms with E-state index in [4.69, 9.17) is 11.6 Å². The number of benzene rings is 1. The van der Waals surface area contributed by atoms with Crippen LogP contribution in [0.5, 0.6) is 0 Å². The number of amides is 1. The summed E-state index contributed by atoms with van der Waals surface area (Å²) in [6.07, 6.45) is -1.72. The van der Waals surface area contributed by atoms with E-state index < -0.39 is 41.1 Å². The van der Waals surface area contributed by atoms with Crippen molar-refractivity contribution in [3.63, 3.8) is 0 Å². The molecule has 1 heterocycles. The van der Waals surface area contributed by atoms with Crippen molar-refractivity contribution in [1.82, 2.24) is 4.98 Å². The van der Waals surface area contributed by atoms with E-state index >= 15 is 0 Å². The van der Waals surface area contributed by atoms with E-state index in [1.807, 2.05) is 0 Å². The Morgan fingerprint density at radius 3 is 2.48 bits per heavy atom. The van der Waals surface area contributed by atoms with E-state index in [1.54, 1.807) is 0 Å². The Kier molecular flexibility index (Phi) is 6.51. The molecule has 1 aromatic heterocycles. The first kappa shape index (κ1) is 20.4. The molecular formula is C17H11ClF4N2O3. The number of nitrogens with one attached hydrogen (secondary N) is 1. The van der Waals surface area contributed by atoms with Crippen LogP contribution in [-0.4, -0.2) is 23.5 Å². The molecule has 1 amide bonds. The number of hydrogen-bond acceptors (Lipinski definition) is 4. The summed E-state index contributed by atoms with van der Waals surface area (Å²) in [5, 5.41) is 1.72. The molecule has 10 heteroatoms. The number of hydrogen-bond donors (Lipinski definition) is 1. The Labute approximate surface area is 155 Å². The van der Waals surface area contributed by atoms with Crippen molar-refractivity contribution in [2.75, 3.05) is 11.9 Å². The molecule has 0 spiro atoms. The second-order valence-electron chi connectivity index (χ2n) is 5.09. The first-order chi connectivity index (χ1) is 12.6. The smallest absolute Gasteiger partial charge is 0.417 e. The maximum atomic E-state index is 12.8. The van der Waals surface area contributed by atoms with Gasteiger partial charge in [0.1, 0.15) is 5.82 Å². The molecule has 0 radical (unpaired) electrons. The molecule has 5 nitrogen and oxygen atoms in total. The fraction of sp³-hybridized carbons (Fsp3) is 0.118. The molecule has 0 saturated carbocycles. The Bertz CT molecular complexity index is 867. The first-order valence-corrected chi connectivity index (χ1v) is 7.66. The minimum atomic E-state index is -4.62. The van der Waals surface area contributed by atoms with Gasteiger partial charge in [-0.1, -0.05) is 23.7 Å². The van der Waals surface area contributed by atoms with Crippen LogP contribution in [0.2, 0.25) is 5.02 Å². The third-order valence-electron chi connectivity index (χ3n) is 3.05. The lowest BCUT2D eigenvalue weighted by atomic mass is 10.2. The quantitative estimate of drug-likeness (QED) is 0.465. The first-order valence-electron chi connectivity index (χ1n) is 7.28. The van der Waals surface area contributed by atoms with Crippen molar-refractivity contribution >= 4 is 35.4 Å². The maximum Gasteiger partial charge on any atom is 0.417 e. The molecule has 0 aliphatic rings. The molecule has 0 unspecified atom stereocenters. The number of esters is 1. The van der Waals surface area contributed by atoms with Crippen LogP contribution in [0.1, 0.15) is 11.1 Å². The van der Waals surface area contributed by atoms with Crippen LogP contribution < -0.4 is 5.32 Å². The zero-order valence-corrected chi connectivity index (χ0v) is 14.1. The molecule has 27 heavy (non-hydrogen) atoms. The summed E-state index contributed by atoms with van der Waals surface area (Å²) >= 11 is 5.65. The van der Waals surface area contributed by atoms with E-state index in [-0.39, 0.29) is 5.82 Å². The Balaban J connectivity index is 1.87. The van der Waals surface area contributed by atoms with Gasteiger partial charge < -0.3 is 10.1 Å². The zero-order chi connectivity index (χ0) is 20.0. The molecule has 0 aliphatic heterocycles. The number of pyridine rings is 1. The average Bonchev–Trinajstić information content (AvgIpc) is 2.60. The third-order valence-corrected chi connectivity index (χ3v) is 3.34. The van der Waals surface area contributed by atoms with E-state index in [2.05, 4.69) is 15.0 Å². The average molecular weight is 403 g/mol. The van der Waals surface area contributed by atoms with Gasteiger partial charge >= 0.3 is 12.1 Å². The number of aromatic nitrogens is 1. The topological polar surface area (TPSA) is 68.3 Å². The number of nitrogens with zero attached hydrogens (tertiary/aromatic N) is 1. The van der Waals surface area contributed by atoms with Gasteiger partial charge in [-0.05, 0) is 29.8 Å². The molecule has 2 aromatic rings. The van der Waals surface area contributed by atoms with Crippen LogP contribution in [0.25, 0.3) is 6.08 Å². The second kappa shape index (κ2) is 8.63. The number of ether oxygens (including phenoxy) is 1. The fourth-order valence-electron chi connectivity index (χ4n) is 1.78. The van der Waals surface area contributed by atoms with Crippen molar-refractivity contribution < 1.29 is 31.9 Å². The lowest BCUT2D eigenvalue weighted by Crippen LogP contribution is -2.21. The number of halogens is 5. The lowest BCUT2D eigenvalue weighted by molar-refractivity contribution is -0.142. The van der Waals surface area contributed by atoms with Gasteiger partial charge in [0.2, 0.25) is 0 Å². The molecule has 1 N–H and O–H groups in total. The van der Waals surface area contributed by atoms with Crippen LogP contribution >= 0.6 is 11.6 Å². The van der Waals surface area contributed by atoms with E-state index in [0.29, 0.717) is 17.8 Å². The standard InChI is InChI=1S/C17H11ClF4N2O3/c18-13-7-11(17(20,21)22)8-23-16(13)24-14(25)9-27-15(26)6-3-10-1-4-12(19)5-2-10/h1-8H,9H2,(H,23,24,25). The highest BCUT2D eigenvalue weighted by Crippen LogP contribution is 2.32. The van der Waals surface area contributed by atoms with Gasteiger partial charge in [-0.25, -0.2) is 14.2 Å². The van der Waals surface area contributed by atoms with Crippen LogP contribution in [-0.2, 0) is 20.5 Å². The van der Waals surface area contributed by atoms with Gasteiger partial charge in [-0.2, -0.15) is 13.2 Å². The van der Waals surface area contributed by atoms with E-state index in [9.17, 15) is 27.2 Å². The third kappa shape index (κ3) is 6.37. The van der Waals surface area contributed by atoms with Crippen LogP contribution in [0.4, 0.5) is 23.4 Å². The summed E-state index contributed by atoms with van der Waals surface area (Å²) in [5.41, 5.74) is -0.526. The van der Waals surface area contributed by atoms with Crippen LogP contribution in [0.3, 0.4) is 0 Å². The molecule has 0 fully saturated rings. The molecule has 0 saturated heterocycles. The zero-order valence-electron chi connectivity index (χ0n) is 13.4. The number of rotatable bonds is 5. The molecule has 0 aliphatic carbocycles. The van der Waals surface area contributed by atoms with Gasteiger partial charge in [0, 0.05) is 12.3 Å². The molecule has 2 rings (SSSR count). The van der Waals surface area contributed by atoms with Crippen molar-refractivity contribution in [3.05, 3.63) is 64.6 Å². The summed E-state index contributed by atoms with van der Waals surface area (Å²) in [4.78, 5) is 26.6. The van der Waals surface area contributed by atoms with Gasteiger partial charge in [-0.3, -0.25) is 4.79 Å². The van der Waals surface area contributed by atoms with Gasteiger partial charge in [0.25, 0.3) is 5.91 Å². The summed E-state index contributed by atoms with van der Waals surface area (Å²) in [5.74, 6) is -2.41. The predicted octanol–water partition coefficient (Wildman–Crippen LogP) is 4.09. The number of carbonyl (C=O) groups is 2. The fourth-order valence-corrected chi connectivity index (χ4v) is 1.99. The molecular weight excluding hydrogens is 392 g/mol. The summed E-state index contributed by atoms with van der Waals surface area (Å²) in [7, 11) is 0. The Morgan fingerprint density at radius 2 is 1.89 bits per heavy atom. The molecule has 0 bridgehead atoms. The van der Waals surface area contributed by atoms with Gasteiger partial charge in [0.05, 0.1) is 10.6 Å². The van der Waals surface area contributed by atoms with Gasteiger partial charge in [-0.15, -0.1) is 0 Å². The predicted molar refractivity (Wildman–Crippen MR) is 89.3 cm³/mol. The monoisotopic (exact) mass is 402 g/mol. The normalized spacial score (nSPS) is 11.4. The van der Waals surface area contributed by atoms with Gasteiger partial charge in [0.15, 0.2) is 12.4 Å². The summed E-state index contributed by atoms with van der Waals surface area (Å²) in [6.45, 7) is -0.703. The Hall–Kier alpha value is -2.94. The molecule has 0 atom stereocenters. The highest BCUT2D eigenvalue weighted by atomic mass is 35.5. The van der Waals surface area contributed by atoms with Crippen molar-refractivity contribution in [1.29, 1.82) is 0 Å². The number of carbonyl (C=O) groups excluding carboxylic acids is 2. The summed E-state index contributed by atoms with van der Waals surface area (Å²) in [6, 6.07) is 5.90. The summed E-state index contributed by atoms with van der Waals surface area (Å²) < 4.78 is 55.0. The SMILES string of the molecule is O=C(COC(=O)C=Cc1ccc(F)cc1)Nc1ncc(C(F)(F)F)cc1Cl. The largest absolute Gasteiger partial charge is 0.452 e. The highest BCUT2D eigenvalue weighted by Gasteiger charge is 2.31. The van der Waals surface area contributed by atoms with Crippen LogP contribution in [0, 0.1) is 5.82 Å². The van der Waals surface area contributed by atoms with Crippen molar-refractivity contribution in [3.8, 4) is 0 Å². The second-order valence-corrected chi connectivity index (χ2v) is 5.50. The van der Waals surface area contributed by atoms with Crippen LogP contribution in [0.15, 0.2) is 42.6 Å². The molecule has 142 valence electrons. The number of anilines is 1. The Morgan fingerprint density at radius 1 is 1.22 bits per heavy atom. The van der Waals surface area contributed by atoms with Crippen molar-refractivity contribution in [2.24, 2.45) is 0 Å². The lowest BCUT2D eigenvalue weighted by Gasteiger charge is -2.10. The highest BCUT2D eigenvalue weighted by molar-refractivity contribution is 6.33. The van der Waals surface area contributed by atoms with Crippen molar-refractivity contribution in [2.45, 2.75) is 6.18 Å². The molecule has 1 aromatic carbocycles. The van der Waals surface area contributed by atoms with E-state index in [0.717, 1.165) is 6.08 Å². The minimum Gasteiger partial charge on any atom is -0.452 e. The number of alkyl halides is 3.